The van der Waals surface area contributed by atoms with Gasteiger partial charge in [-0.3, -0.25) is 0 Å². The molecule has 0 radical (unpaired) electrons. The summed E-state index contributed by atoms with van der Waals surface area (Å²) < 4.78 is 2.44. The lowest BCUT2D eigenvalue weighted by Crippen LogP contribution is -2.41. The highest BCUT2D eigenvalue weighted by atomic mass is 16.4. The summed E-state index contributed by atoms with van der Waals surface area (Å²) in [6, 6.07) is 12.7. The quantitative estimate of drug-likeness (QED) is 0.338. The van der Waals surface area contributed by atoms with E-state index in [2.05, 4.69) is 45.6 Å². The summed E-state index contributed by atoms with van der Waals surface area (Å²) in [6.45, 7) is 8.47. The van der Waals surface area contributed by atoms with Crippen molar-refractivity contribution in [1.82, 2.24) is 9.47 Å². The van der Waals surface area contributed by atoms with Crippen LogP contribution in [-0.4, -0.2) is 65.0 Å². The number of piperidine rings is 1. The molecule has 1 atom stereocenters. The molecule has 3 aliphatic rings. The van der Waals surface area contributed by atoms with Crippen molar-refractivity contribution in [2.75, 3.05) is 44.2 Å². The number of aliphatic hydroxyl groups excluding tert-OH is 1. The molecule has 0 unspecified atom stereocenters. The van der Waals surface area contributed by atoms with Crippen LogP contribution in [0.15, 0.2) is 36.4 Å². The number of aromatic carboxylic acids is 1. The van der Waals surface area contributed by atoms with Gasteiger partial charge in [-0.25, -0.2) is 4.79 Å². The first kappa shape index (κ1) is 28.7. The second-order valence-electron chi connectivity index (χ2n) is 12.1. The Kier molecular flexibility index (Phi) is 8.86. The van der Waals surface area contributed by atoms with Crippen LogP contribution in [0, 0.1) is 12.8 Å². The lowest BCUT2D eigenvalue weighted by Gasteiger charge is -2.35. The van der Waals surface area contributed by atoms with Gasteiger partial charge in [0.25, 0.3) is 0 Å². The molecule has 40 heavy (non-hydrogen) atoms. The number of aromatic nitrogens is 1. The zero-order valence-corrected chi connectivity index (χ0v) is 23.4. The van der Waals surface area contributed by atoms with Crippen LogP contribution in [0.25, 0.3) is 22.2 Å². The standard InChI is InChI=1S/C33H43N3O3.CH4/c1-23-9-11-28-29(20-23)35(16-15-34-14-5-6-24(22-34)13-19-37)17-18-36-30-21-26(33(38)39)10-12-27(30)31(32(28)36)25-7-3-2-4-8-25;/h9-12,20-21,24-25,37H,2-8,13-19,22H2,1H3,(H,38,39);1H4/t24-;/m0./s1. The van der Waals surface area contributed by atoms with Gasteiger partial charge in [-0.2, -0.15) is 0 Å². The van der Waals surface area contributed by atoms with Gasteiger partial charge in [0.1, 0.15) is 0 Å². The molecule has 1 aliphatic carbocycles. The van der Waals surface area contributed by atoms with E-state index in [-0.39, 0.29) is 14.0 Å². The summed E-state index contributed by atoms with van der Waals surface area (Å²) in [6.07, 6.45) is 9.62. The van der Waals surface area contributed by atoms with E-state index in [0.717, 1.165) is 51.2 Å². The Labute approximate surface area is 239 Å². The maximum absolute atomic E-state index is 11.9. The number of likely N-dealkylation sites (tertiary alicyclic amines) is 1. The molecule has 2 aromatic carbocycles. The zero-order chi connectivity index (χ0) is 26.9. The van der Waals surface area contributed by atoms with Gasteiger partial charge < -0.3 is 24.6 Å². The Hall–Kier alpha value is -2.83. The highest BCUT2D eigenvalue weighted by Gasteiger charge is 2.31. The molecule has 3 aromatic rings. The molecule has 0 spiro atoms. The number of fused-ring (bicyclic) bond motifs is 5. The van der Waals surface area contributed by atoms with Crippen LogP contribution in [0.3, 0.4) is 0 Å². The van der Waals surface area contributed by atoms with E-state index in [4.69, 9.17) is 0 Å². The average Bonchev–Trinajstić information content (AvgIpc) is 3.18. The van der Waals surface area contributed by atoms with Crippen LogP contribution < -0.4 is 4.90 Å². The van der Waals surface area contributed by atoms with E-state index in [1.54, 1.807) is 6.07 Å². The Balaban J connectivity index is 0.00000323. The number of aliphatic hydroxyl groups is 1. The van der Waals surface area contributed by atoms with E-state index in [1.807, 2.05) is 6.07 Å². The third kappa shape index (κ3) is 5.53. The number of benzene rings is 2. The summed E-state index contributed by atoms with van der Waals surface area (Å²) in [5, 5.41) is 20.5. The van der Waals surface area contributed by atoms with Crippen LogP contribution in [0.4, 0.5) is 5.69 Å². The predicted molar refractivity (Wildman–Crippen MR) is 165 cm³/mol. The predicted octanol–water partition coefficient (Wildman–Crippen LogP) is 6.91. The van der Waals surface area contributed by atoms with Crippen molar-refractivity contribution in [3.05, 3.63) is 53.1 Å². The molecule has 2 aliphatic heterocycles. The topological polar surface area (TPSA) is 68.9 Å². The first-order chi connectivity index (χ1) is 19.0. The Morgan fingerprint density at radius 1 is 0.950 bits per heavy atom. The van der Waals surface area contributed by atoms with E-state index in [9.17, 15) is 15.0 Å². The first-order valence-electron chi connectivity index (χ1n) is 15.1. The number of hydrogen-bond donors (Lipinski definition) is 2. The van der Waals surface area contributed by atoms with E-state index >= 15 is 0 Å². The molecule has 1 aromatic heterocycles. The summed E-state index contributed by atoms with van der Waals surface area (Å²) in [5.74, 6) is 0.265. The van der Waals surface area contributed by atoms with Crippen LogP contribution in [0.5, 0.6) is 0 Å². The van der Waals surface area contributed by atoms with Crippen molar-refractivity contribution in [2.45, 2.75) is 78.2 Å². The number of hydrogen-bond acceptors (Lipinski definition) is 4. The fourth-order valence-electron chi connectivity index (χ4n) is 7.55. The van der Waals surface area contributed by atoms with Crippen LogP contribution in [0.2, 0.25) is 0 Å². The highest BCUT2D eigenvalue weighted by molar-refractivity contribution is 5.99. The molecular formula is C34H47N3O3. The van der Waals surface area contributed by atoms with Crippen molar-refractivity contribution < 1.29 is 15.0 Å². The van der Waals surface area contributed by atoms with E-state index in [0.29, 0.717) is 17.4 Å². The van der Waals surface area contributed by atoms with Gasteiger partial charge in [-0.1, -0.05) is 44.9 Å². The van der Waals surface area contributed by atoms with Gasteiger partial charge >= 0.3 is 5.97 Å². The minimum atomic E-state index is -0.862. The number of carbonyl (C=O) groups is 1. The van der Waals surface area contributed by atoms with Crippen molar-refractivity contribution in [3.63, 3.8) is 0 Å². The molecule has 2 N–H and O–H groups in total. The van der Waals surface area contributed by atoms with Crippen LogP contribution >= 0.6 is 0 Å². The fourth-order valence-corrected chi connectivity index (χ4v) is 7.55. The smallest absolute Gasteiger partial charge is 0.335 e. The monoisotopic (exact) mass is 545 g/mol. The van der Waals surface area contributed by atoms with Crippen molar-refractivity contribution in [2.24, 2.45) is 5.92 Å². The largest absolute Gasteiger partial charge is 0.478 e. The average molecular weight is 546 g/mol. The second-order valence-corrected chi connectivity index (χ2v) is 12.1. The third-order valence-electron chi connectivity index (χ3n) is 9.53. The van der Waals surface area contributed by atoms with E-state index in [1.165, 1.54) is 78.4 Å². The lowest BCUT2D eigenvalue weighted by atomic mass is 9.81. The molecular weight excluding hydrogens is 498 g/mol. The molecule has 1 saturated carbocycles. The van der Waals surface area contributed by atoms with Crippen molar-refractivity contribution in [1.29, 1.82) is 0 Å². The third-order valence-corrected chi connectivity index (χ3v) is 9.53. The highest BCUT2D eigenvalue weighted by Crippen LogP contribution is 2.47. The lowest BCUT2D eigenvalue weighted by molar-refractivity contribution is 0.0697. The first-order valence-corrected chi connectivity index (χ1v) is 15.1. The number of rotatable bonds is 7. The number of carboxylic acids is 1. The zero-order valence-electron chi connectivity index (χ0n) is 23.4. The van der Waals surface area contributed by atoms with Gasteiger partial charge in [0.2, 0.25) is 0 Å². The van der Waals surface area contributed by atoms with Crippen molar-refractivity contribution in [3.8, 4) is 11.3 Å². The number of carboxylic acid groups (broad SMARTS) is 1. The molecule has 6 heteroatoms. The molecule has 1 saturated heterocycles. The van der Waals surface area contributed by atoms with Crippen LogP contribution in [0.1, 0.15) is 86.2 Å². The van der Waals surface area contributed by atoms with Gasteiger partial charge in [0.15, 0.2) is 0 Å². The summed E-state index contributed by atoms with van der Waals surface area (Å²) >= 11 is 0. The van der Waals surface area contributed by atoms with Crippen molar-refractivity contribution >= 4 is 22.6 Å². The number of nitrogens with zero attached hydrogens (tertiary/aromatic N) is 3. The van der Waals surface area contributed by atoms with Gasteiger partial charge in [0.05, 0.1) is 11.3 Å². The molecule has 0 bridgehead atoms. The Bertz CT molecular complexity index is 1340. The molecule has 3 heterocycles. The van der Waals surface area contributed by atoms with Gasteiger partial charge in [-0.15, -0.1) is 0 Å². The normalized spacial score (nSPS) is 20.1. The second kappa shape index (κ2) is 12.4. The maximum atomic E-state index is 11.9. The minimum absolute atomic E-state index is 0. The summed E-state index contributed by atoms with van der Waals surface area (Å²) in [5.41, 5.74) is 8.08. The molecule has 6 nitrogen and oxygen atoms in total. The molecule has 6 rings (SSSR count). The molecule has 0 amide bonds. The molecule has 2 fully saturated rings. The van der Waals surface area contributed by atoms with Crippen LogP contribution in [-0.2, 0) is 6.54 Å². The van der Waals surface area contributed by atoms with E-state index < -0.39 is 5.97 Å². The minimum Gasteiger partial charge on any atom is -0.478 e. The number of anilines is 1. The SMILES string of the molecule is C.Cc1ccc2c(c1)N(CCN1CCC[C@@H](CCO)C1)CCn1c-2c(C2CCCCC2)c2ccc(C(=O)O)cc21. The maximum Gasteiger partial charge on any atom is 0.335 e. The summed E-state index contributed by atoms with van der Waals surface area (Å²) in [4.78, 5) is 17.1. The Morgan fingerprint density at radius 2 is 1.77 bits per heavy atom. The fraction of sp³-hybridized carbons (Fsp3) is 0.559. The number of aryl methyl sites for hydroxylation is 1. The van der Waals surface area contributed by atoms with Gasteiger partial charge in [0, 0.05) is 61.5 Å². The molecule has 216 valence electrons. The Morgan fingerprint density at radius 3 is 2.55 bits per heavy atom. The van der Waals surface area contributed by atoms with Gasteiger partial charge in [-0.05, 0) is 86.7 Å². The summed E-state index contributed by atoms with van der Waals surface area (Å²) in [7, 11) is 0.